The Bertz CT molecular complexity index is 1190. The van der Waals surface area contributed by atoms with Gasteiger partial charge in [-0.15, -0.1) is 0 Å². The fourth-order valence-electron chi connectivity index (χ4n) is 3.02. The van der Waals surface area contributed by atoms with Gasteiger partial charge in [-0.3, -0.25) is 4.79 Å². The van der Waals surface area contributed by atoms with Crippen molar-refractivity contribution in [1.29, 1.82) is 0 Å². The average molecular weight is 408 g/mol. The predicted octanol–water partition coefficient (Wildman–Crippen LogP) is 3.50. The van der Waals surface area contributed by atoms with Crippen LogP contribution in [0, 0.1) is 27.7 Å². The van der Waals surface area contributed by atoms with Crippen LogP contribution in [-0.4, -0.2) is 41.4 Å². The third kappa shape index (κ3) is 4.29. The minimum Gasteiger partial charge on any atom is -0.333 e. The summed E-state index contributed by atoms with van der Waals surface area (Å²) in [5.41, 5.74) is 5.46. The number of nitrogens with zero attached hydrogens (tertiary/aromatic N) is 5. The van der Waals surface area contributed by atoms with E-state index < -0.39 is 0 Å². The zero-order chi connectivity index (χ0) is 20.5. The topological polar surface area (TPSA) is 101 Å². The lowest BCUT2D eigenvalue weighted by atomic mass is 10.2. The molecule has 3 heterocycles. The standard InChI is InChI=1S/C20H21N7OS/c1-11-5-6-15-16(7-11)24-20(23-15)29-10-18(28)25-17-9-14(4)26-27(17)19-21-12(2)8-13(3)22-19/h5-9H,10H2,1-4H3,(H,23,24)(H,25,28). The molecule has 9 heteroatoms. The number of nitrogens with one attached hydrogen (secondary N) is 2. The number of rotatable bonds is 5. The number of hydrogen-bond donors (Lipinski definition) is 2. The number of imidazole rings is 1. The van der Waals surface area contributed by atoms with Gasteiger partial charge in [-0.2, -0.15) is 9.78 Å². The maximum atomic E-state index is 12.5. The maximum absolute atomic E-state index is 12.5. The number of carbonyl (C=O) groups excluding carboxylic acids is 1. The number of H-pyrrole nitrogens is 1. The molecule has 29 heavy (non-hydrogen) atoms. The van der Waals surface area contributed by atoms with Gasteiger partial charge in [0.05, 0.1) is 22.5 Å². The monoisotopic (exact) mass is 407 g/mol. The lowest BCUT2D eigenvalue weighted by Crippen LogP contribution is -2.18. The highest BCUT2D eigenvalue weighted by molar-refractivity contribution is 7.99. The van der Waals surface area contributed by atoms with Crippen molar-refractivity contribution in [2.45, 2.75) is 32.9 Å². The van der Waals surface area contributed by atoms with Crippen molar-refractivity contribution in [1.82, 2.24) is 29.7 Å². The molecule has 0 saturated heterocycles. The Morgan fingerprint density at radius 1 is 1.03 bits per heavy atom. The lowest BCUT2D eigenvalue weighted by Gasteiger charge is -2.08. The number of aromatic amines is 1. The molecule has 8 nitrogen and oxygen atoms in total. The van der Waals surface area contributed by atoms with Crippen LogP contribution in [0.25, 0.3) is 17.0 Å². The maximum Gasteiger partial charge on any atom is 0.252 e. The molecule has 0 spiro atoms. The molecule has 0 bridgehead atoms. The molecule has 1 aromatic carbocycles. The molecule has 0 atom stereocenters. The van der Waals surface area contributed by atoms with Crippen LogP contribution in [0.2, 0.25) is 0 Å². The third-order valence-electron chi connectivity index (χ3n) is 4.21. The van der Waals surface area contributed by atoms with Gasteiger partial charge in [-0.25, -0.2) is 15.0 Å². The van der Waals surface area contributed by atoms with Gasteiger partial charge in [0.2, 0.25) is 5.91 Å². The third-order valence-corrected chi connectivity index (χ3v) is 5.09. The summed E-state index contributed by atoms with van der Waals surface area (Å²) in [4.78, 5) is 29.1. The molecule has 2 N–H and O–H groups in total. The van der Waals surface area contributed by atoms with Gasteiger partial charge in [0.1, 0.15) is 5.82 Å². The largest absolute Gasteiger partial charge is 0.333 e. The van der Waals surface area contributed by atoms with E-state index in [-0.39, 0.29) is 11.7 Å². The lowest BCUT2D eigenvalue weighted by molar-refractivity contribution is -0.113. The second-order valence-electron chi connectivity index (χ2n) is 6.93. The Balaban J connectivity index is 1.48. The first-order valence-electron chi connectivity index (χ1n) is 9.16. The number of anilines is 1. The molecule has 0 radical (unpaired) electrons. The minimum atomic E-state index is -0.155. The molecular weight excluding hydrogens is 386 g/mol. The van der Waals surface area contributed by atoms with E-state index in [9.17, 15) is 4.79 Å². The van der Waals surface area contributed by atoms with E-state index >= 15 is 0 Å². The molecule has 0 unspecified atom stereocenters. The van der Waals surface area contributed by atoms with Crippen molar-refractivity contribution >= 4 is 34.5 Å². The van der Waals surface area contributed by atoms with Crippen LogP contribution in [0.3, 0.4) is 0 Å². The highest BCUT2D eigenvalue weighted by Crippen LogP contribution is 2.21. The van der Waals surface area contributed by atoms with E-state index in [0.717, 1.165) is 33.7 Å². The minimum absolute atomic E-state index is 0.155. The van der Waals surface area contributed by atoms with Crippen LogP contribution in [0.15, 0.2) is 35.5 Å². The zero-order valence-electron chi connectivity index (χ0n) is 16.6. The second kappa shape index (κ2) is 7.67. The number of aryl methyl sites for hydroxylation is 4. The van der Waals surface area contributed by atoms with Crippen molar-refractivity contribution in [3.8, 4) is 5.95 Å². The fraction of sp³-hybridized carbons (Fsp3) is 0.250. The van der Waals surface area contributed by atoms with Crippen LogP contribution in [0.4, 0.5) is 5.82 Å². The molecule has 1 amide bonds. The Morgan fingerprint density at radius 2 is 1.79 bits per heavy atom. The van der Waals surface area contributed by atoms with E-state index in [2.05, 4.69) is 30.4 Å². The van der Waals surface area contributed by atoms with Crippen molar-refractivity contribution in [3.05, 3.63) is 53.0 Å². The summed E-state index contributed by atoms with van der Waals surface area (Å²) in [6, 6.07) is 9.72. The van der Waals surface area contributed by atoms with Gasteiger partial charge in [0.15, 0.2) is 5.16 Å². The molecule has 0 fully saturated rings. The summed E-state index contributed by atoms with van der Waals surface area (Å²) in [6.07, 6.45) is 0. The van der Waals surface area contributed by atoms with Gasteiger partial charge in [0.25, 0.3) is 5.95 Å². The summed E-state index contributed by atoms with van der Waals surface area (Å²) in [6.45, 7) is 7.70. The Morgan fingerprint density at radius 3 is 2.55 bits per heavy atom. The van der Waals surface area contributed by atoms with E-state index in [1.54, 1.807) is 10.7 Å². The molecule has 4 rings (SSSR count). The Kier molecular flexibility index (Phi) is 5.06. The number of thioether (sulfide) groups is 1. The van der Waals surface area contributed by atoms with Gasteiger partial charge in [-0.05, 0) is 51.5 Å². The normalized spacial score (nSPS) is 11.2. The van der Waals surface area contributed by atoms with Crippen LogP contribution in [0.1, 0.15) is 22.6 Å². The smallest absolute Gasteiger partial charge is 0.252 e. The van der Waals surface area contributed by atoms with E-state index in [0.29, 0.717) is 16.9 Å². The first-order valence-corrected chi connectivity index (χ1v) is 10.1. The average Bonchev–Trinajstić information content (AvgIpc) is 3.21. The Labute approximate surface area is 172 Å². The van der Waals surface area contributed by atoms with Crippen LogP contribution >= 0.6 is 11.8 Å². The van der Waals surface area contributed by atoms with Crippen molar-refractivity contribution in [3.63, 3.8) is 0 Å². The predicted molar refractivity (Wildman–Crippen MR) is 114 cm³/mol. The van der Waals surface area contributed by atoms with Gasteiger partial charge in [0, 0.05) is 17.5 Å². The molecular formula is C20H21N7OS. The molecule has 0 aliphatic heterocycles. The molecule has 4 aromatic rings. The number of carbonyl (C=O) groups is 1. The second-order valence-corrected chi connectivity index (χ2v) is 7.90. The highest BCUT2D eigenvalue weighted by atomic mass is 32.2. The fourth-order valence-corrected chi connectivity index (χ4v) is 3.71. The van der Waals surface area contributed by atoms with Crippen LogP contribution in [0.5, 0.6) is 0 Å². The summed E-state index contributed by atoms with van der Waals surface area (Å²) in [5, 5.41) is 8.04. The summed E-state index contributed by atoms with van der Waals surface area (Å²) < 4.78 is 1.56. The first-order chi connectivity index (χ1) is 13.9. The Hall–Kier alpha value is -3.20. The van der Waals surface area contributed by atoms with E-state index in [4.69, 9.17) is 0 Å². The highest BCUT2D eigenvalue weighted by Gasteiger charge is 2.14. The molecule has 0 aliphatic carbocycles. The van der Waals surface area contributed by atoms with Gasteiger partial charge >= 0.3 is 0 Å². The number of fused-ring (bicyclic) bond motifs is 1. The van der Waals surface area contributed by atoms with Gasteiger partial charge in [-0.1, -0.05) is 17.8 Å². The molecule has 148 valence electrons. The molecule has 0 aliphatic rings. The van der Waals surface area contributed by atoms with E-state index in [1.807, 2.05) is 52.0 Å². The van der Waals surface area contributed by atoms with Crippen molar-refractivity contribution < 1.29 is 4.79 Å². The SMILES string of the molecule is Cc1ccc2nc(SCC(=O)Nc3cc(C)nn3-c3nc(C)cc(C)n3)[nH]c2c1. The van der Waals surface area contributed by atoms with Crippen molar-refractivity contribution in [2.24, 2.45) is 0 Å². The summed E-state index contributed by atoms with van der Waals surface area (Å²) in [7, 11) is 0. The van der Waals surface area contributed by atoms with Crippen LogP contribution in [-0.2, 0) is 4.79 Å². The molecule has 0 saturated carbocycles. The summed E-state index contributed by atoms with van der Waals surface area (Å²) in [5.74, 6) is 1.04. The number of aromatic nitrogens is 6. The van der Waals surface area contributed by atoms with Gasteiger partial charge < -0.3 is 10.3 Å². The quantitative estimate of drug-likeness (QED) is 0.491. The number of amides is 1. The van der Waals surface area contributed by atoms with Crippen LogP contribution < -0.4 is 5.32 Å². The zero-order valence-corrected chi connectivity index (χ0v) is 17.5. The molecule has 3 aromatic heterocycles. The summed E-state index contributed by atoms with van der Waals surface area (Å²) >= 11 is 1.35. The number of benzene rings is 1. The first kappa shape index (κ1) is 19.1. The van der Waals surface area contributed by atoms with E-state index in [1.165, 1.54) is 11.8 Å². The van der Waals surface area contributed by atoms with Crippen molar-refractivity contribution in [2.75, 3.05) is 11.1 Å². The number of hydrogen-bond acceptors (Lipinski definition) is 6.